The fraction of sp³-hybridized carbons (Fsp3) is 0.250. The van der Waals surface area contributed by atoms with Crippen LogP contribution >= 0.6 is 11.5 Å². The van der Waals surface area contributed by atoms with Crippen molar-refractivity contribution < 1.29 is 9.59 Å². The molecule has 0 saturated heterocycles. The maximum absolute atomic E-state index is 12.2. The molecule has 7 heteroatoms. The lowest BCUT2D eigenvalue weighted by Gasteiger charge is -2.19. The van der Waals surface area contributed by atoms with E-state index in [-0.39, 0.29) is 30.6 Å². The second-order valence-electron chi connectivity index (χ2n) is 4.85. The van der Waals surface area contributed by atoms with Gasteiger partial charge in [0.25, 0.3) is 5.91 Å². The summed E-state index contributed by atoms with van der Waals surface area (Å²) in [6, 6.07) is 9.89. The maximum atomic E-state index is 12.2. The van der Waals surface area contributed by atoms with Gasteiger partial charge in [0.05, 0.1) is 0 Å². The van der Waals surface area contributed by atoms with Gasteiger partial charge in [-0.1, -0.05) is 40.9 Å². The summed E-state index contributed by atoms with van der Waals surface area (Å²) >= 11 is 1.10. The van der Waals surface area contributed by atoms with Crippen molar-refractivity contribution in [2.75, 3.05) is 19.6 Å². The van der Waals surface area contributed by atoms with Crippen molar-refractivity contribution in [2.24, 2.45) is 0 Å². The lowest BCUT2D eigenvalue weighted by molar-refractivity contribution is -0.121. The van der Waals surface area contributed by atoms with Crippen molar-refractivity contribution in [1.29, 1.82) is 0 Å². The zero-order valence-electron chi connectivity index (χ0n) is 12.6. The molecule has 1 heterocycles. The Morgan fingerprint density at radius 2 is 2.09 bits per heavy atom. The molecule has 2 rings (SSSR count). The summed E-state index contributed by atoms with van der Waals surface area (Å²) in [6.07, 6.45) is 2.33. The Balaban J connectivity index is 1.83. The topological polar surface area (TPSA) is 75.2 Å². The van der Waals surface area contributed by atoms with E-state index in [1.807, 2.05) is 30.3 Å². The number of amides is 2. The van der Waals surface area contributed by atoms with Gasteiger partial charge in [0.2, 0.25) is 5.91 Å². The first-order valence-corrected chi connectivity index (χ1v) is 8.02. The molecule has 120 valence electrons. The second kappa shape index (κ2) is 8.79. The molecule has 0 aliphatic heterocycles. The van der Waals surface area contributed by atoms with Gasteiger partial charge in [-0.2, -0.15) is 0 Å². The van der Waals surface area contributed by atoms with Crippen LogP contribution in [-0.4, -0.2) is 45.9 Å². The van der Waals surface area contributed by atoms with E-state index in [1.54, 1.807) is 11.5 Å². The molecule has 0 saturated carbocycles. The minimum atomic E-state index is -0.322. The molecule has 6 nitrogen and oxygen atoms in total. The van der Waals surface area contributed by atoms with Gasteiger partial charge < -0.3 is 10.2 Å². The molecule has 0 aliphatic rings. The number of hydrogen-bond donors (Lipinski definition) is 1. The standard InChI is InChI=1S/C16H18N4O2S/c1-2-10-20(16(22)14-12-23-19-18-14)11-15(21)17-9-8-13-6-4-3-5-7-13/h2-7,12H,1,8-11H2,(H,17,21). The Morgan fingerprint density at radius 1 is 1.30 bits per heavy atom. The number of aromatic nitrogens is 2. The molecule has 1 aromatic carbocycles. The van der Waals surface area contributed by atoms with Crippen molar-refractivity contribution in [1.82, 2.24) is 19.8 Å². The molecule has 0 radical (unpaired) electrons. The van der Waals surface area contributed by atoms with Gasteiger partial charge in [-0.05, 0) is 23.5 Å². The monoisotopic (exact) mass is 330 g/mol. The molecule has 0 unspecified atom stereocenters. The minimum Gasteiger partial charge on any atom is -0.354 e. The van der Waals surface area contributed by atoms with E-state index in [1.165, 1.54) is 4.90 Å². The van der Waals surface area contributed by atoms with E-state index in [4.69, 9.17) is 0 Å². The predicted molar refractivity (Wildman–Crippen MR) is 89.2 cm³/mol. The largest absolute Gasteiger partial charge is 0.354 e. The summed E-state index contributed by atoms with van der Waals surface area (Å²) in [5.74, 6) is -0.531. The molecule has 2 amide bonds. The van der Waals surface area contributed by atoms with Crippen LogP contribution in [0.15, 0.2) is 48.4 Å². The number of carbonyl (C=O) groups excluding carboxylic acids is 2. The van der Waals surface area contributed by atoms with Crippen molar-refractivity contribution in [3.63, 3.8) is 0 Å². The Morgan fingerprint density at radius 3 is 2.74 bits per heavy atom. The van der Waals surface area contributed by atoms with Crippen molar-refractivity contribution in [3.8, 4) is 0 Å². The first kappa shape index (κ1) is 16.8. The molecule has 0 bridgehead atoms. The van der Waals surface area contributed by atoms with Crippen LogP contribution in [0.4, 0.5) is 0 Å². The van der Waals surface area contributed by atoms with Gasteiger partial charge >= 0.3 is 0 Å². The van der Waals surface area contributed by atoms with E-state index in [0.29, 0.717) is 6.54 Å². The summed E-state index contributed by atoms with van der Waals surface area (Å²) in [7, 11) is 0. The van der Waals surface area contributed by atoms with E-state index in [2.05, 4.69) is 21.5 Å². The summed E-state index contributed by atoms with van der Waals surface area (Å²) in [6.45, 7) is 4.39. The Kier molecular flexibility index (Phi) is 6.43. The van der Waals surface area contributed by atoms with Gasteiger partial charge in [0.15, 0.2) is 5.69 Å². The molecule has 0 atom stereocenters. The normalized spacial score (nSPS) is 10.1. The van der Waals surface area contributed by atoms with Crippen LogP contribution in [0.2, 0.25) is 0 Å². The zero-order valence-corrected chi connectivity index (χ0v) is 13.5. The van der Waals surface area contributed by atoms with Crippen molar-refractivity contribution >= 4 is 23.3 Å². The Hall–Kier alpha value is -2.54. The van der Waals surface area contributed by atoms with E-state index in [0.717, 1.165) is 23.5 Å². The average molecular weight is 330 g/mol. The lowest BCUT2D eigenvalue weighted by Crippen LogP contribution is -2.41. The van der Waals surface area contributed by atoms with Crippen LogP contribution < -0.4 is 5.32 Å². The van der Waals surface area contributed by atoms with Gasteiger partial charge in [-0.3, -0.25) is 9.59 Å². The quantitative estimate of drug-likeness (QED) is 0.745. The van der Waals surface area contributed by atoms with Crippen LogP contribution in [0, 0.1) is 0 Å². The summed E-state index contributed by atoms with van der Waals surface area (Å²) in [5.41, 5.74) is 1.40. The smallest absolute Gasteiger partial charge is 0.276 e. The van der Waals surface area contributed by atoms with Crippen LogP contribution in [0.3, 0.4) is 0 Å². The fourth-order valence-corrected chi connectivity index (χ4v) is 2.45. The van der Waals surface area contributed by atoms with Gasteiger partial charge in [0.1, 0.15) is 6.54 Å². The minimum absolute atomic E-state index is 0.0306. The van der Waals surface area contributed by atoms with Crippen LogP contribution in [0.25, 0.3) is 0 Å². The number of benzene rings is 1. The summed E-state index contributed by atoms with van der Waals surface area (Å²) < 4.78 is 3.67. The number of nitrogens with one attached hydrogen (secondary N) is 1. The SMILES string of the molecule is C=CCN(CC(=O)NCCc1ccccc1)C(=O)c1csnn1. The number of nitrogens with zero attached hydrogens (tertiary/aromatic N) is 3. The molecular formula is C16H18N4O2S. The van der Waals surface area contributed by atoms with Gasteiger partial charge in [-0.25, -0.2) is 0 Å². The third kappa shape index (κ3) is 5.30. The number of hydrogen-bond acceptors (Lipinski definition) is 5. The Labute approximate surface area is 139 Å². The lowest BCUT2D eigenvalue weighted by atomic mass is 10.1. The number of carbonyl (C=O) groups is 2. The highest BCUT2D eigenvalue weighted by molar-refractivity contribution is 7.03. The first-order chi connectivity index (χ1) is 11.2. The molecule has 1 N–H and O–H groups in total. The predicted octanol–water partition coefficient (Wildman–Crippen LogP) is 1.53. The van der Waals surface area contributed by atoms with Crippen LogP contribution in [-0.2, 0) is 11.2 Å². The number of rotatable bonds is 8. The highest BCUT2D eigenvalue weighted by atomic mass is 32.1. The van der Waals surface area contributed by atoms with Crippen LogP contribution in [0.5, 0.6) is 0 Å². The van der Waals surface area contributed by atoms with Crippen molar-refractivity contribution in [3.05, 3.63) is 59.6 Å². The van der Waals surface area contributed by atoms with Gasteiger partial charge in [0, 0.05) is 18.5 Å². The first-order valence-electron chi connectivity index (χ1n) is 7.18. The molecule has 0 aliphatic carbocycles. The van der Waals surface area contributed by atoms with E-state index < -0.39 is 0 Å². The molecular weight excluding hydrogens is 312 g/mol. The summed E-state index contributed by atoms with van der Waals surface area (Å²) in [4.78, 5) is 25.6. The van der Waals surface area contributed by atoms with Crippen molar-refractivity contribution in [2.45, 2.75) is 6.42 Å². The highest BCUT2D eigenvalue weighted by Crippen LogP contribution is 2.04. The fourth-order valence-electron chi connectivity index (χ4n) is 2.02. The second-order valence-corrected chi connectivity index (χ2v) is 5.46. The molecule has 0 spiro atoms. The highest BCUT2D eigenvalue weighted by Gasteiger charge is 2.19. The molecule has 23 heavy (non-hydrogen) atoms. The summed E-state index contributed by atoms with van der Waals surface area (Å²) in [5, 5.41) is 8.12. The van der Waals surface area contributed by atoms with E-state index in [9.17, 15) is 9.59 Å². The maximum Gasteiger partial charge on any atom is 0.276 e. The van der Waals surface area contributed by atoms with Gasteiger partial charge in [-0.15, -0.1) is 11.7 Å². The zero-order chi connectivity index (χ0) is 16.5. The molecule has 1 aromatic heterocycles. The average Bonchev–Trinajstić information content (AvgIpc) is 3.09. The van der Waals surface area contributed by atoms with E-state index >= 15 is 0 Å². The third-order valence-electron chi connectivity index (χ3n) is 3.13. The molecule has 2 aromatic rings. The van der Waals surface area contributed by atoms with Crippen LogP contribution in [0.1, 0.15) is 16.1 Å². The molecule has 0 fully saturated rings. The Bertz CT molecular complexity index is 643. The third-order valence-corrected chi connectivity index (χ3v) is 3.63.